The van der Waals surface area contributed by atoms with E-state index in [1.54, 1.807) is 0 Å². The quantitative estimate of drug-likeness (QED) is 0.129. The third kappa shape index (κ3) is 13.5. The average Bonchev–Trinajstić information content (AvgIpc) is 1.52. The lowest BCUT2D eigenvalue weighted by Crippen LogP contribution is -2.58. The molecule has 27 rings (SSSR count). The molecule has 0 fully saturated rings. The van der Waals surface area contributed by atoms with Crippen molar-refractivity contribution in [2.24, 2.45) is 0 Å². The minimum absolute atomic E-state index is 0.00892. The van der Waals surface area contributed by atoms with E-state index in [-0.39, 0.29) is 35.1 Å². The van der Waals surface area contributed by atoms with Crippen LogP contribution in [0.5, 0.6) is 0 Å². The minimum atomic E-state index is -0.00892. The normalized spacial score (nSPS) is 12.9. The Labute approximate surface area is 856 Å². The molecule has 0 amide bonds. The number of fused-ring (bicyclic) bond motifs is 22. The Morgan fingerprint density at radius 2 is 0.432 bits per heavy atom. The van der Waals surface area contributed by atoms with Gasteiger partial charge in [0, 0.05) is 76.0 Å². The molecule has 2 aliphatic heterocycles. The van der Waals surface area contributed by atoms with Gasteiger partial charge in [0.05, 0.1) is 88.9 Å². The van der Waals surface area contributed by atoms with E-state index in [9.17, 15) is 0 Å². The van der Waals surface area contributed by atoms with E-state index in [0.717, 1.165) is 0 Å². The molecule has 0 atom stereocenters. The van der Waals surface area contributed by atoms with Crippen molar-refractivity contribution in [1.82, 2.24) is 27.4 Å². The van der Waals surface area contributed by atoms with Gasteiger partial charge in [0.15, 0.2) is 0 Å². The summed E-state index contributed by atoms with van der Waals surface area (Å²) in [4.78, 5) is 0. The van der Waals surface area contributed by atoms with Gasteiger partial charge in [0.2, 0.25) is 13.4 Å². The van der Waals surface area contributed by atoms with E-state index in [4.69, 9.17) is 0 Å². The second-order valence-electron chi connectivity index (χ2n) is 46.1. The lowest BCUT2D eigenvalue weighted by atomic mass is 9.34. The first-order valence-corrected chi connectivity index (χ1v) is 52.4. The minimum Gasteiger partial charge on any atom is -0.310 e. The predicted octanol–water partition coefficient (Wildman–Crippen LogP) is 32.3. The Morgan fingerprint density at radius 3 is 0.747 bits per heavy atom. The molecule has 6 aromatic heterocycles. The zero-order valence-corrected chi connectivity index (χ0v) is 87.5. The van der Waals surface area contributed by atoms with Gasteiger partial charge in [-0.05, 0) is 286 Å². The summed E-state index contributed by atoms with van der Waals surface area (Å²) in [6, 6.07) is 138. The molecule has 708 valence electrons. The van der Waals surface area contributed by atoms with Crippen molar-refractivity contribution in [3.8, 4) is 67.5 Å². The topological polar surface area (TPSA) is 29.6 Å². The van der Waals surface area contributed by atoms with E-state index >= 15 is 0 Å². The average molecular weight is 1880 g/mol. The van der Waals surface area contributed by atoms with Gasteiger partial charge in [-0.3, -0.25) is 0 Å². The zero-order valence-electron chi connectivity index (χ0n) is 87.5. The first kappa shape index (κ1) is 90.1. The first-order valence-electron chi connectivity index (χ1n) is 52.4. The standard InChI is InChI=1S/C72H62BN3.C66H58BN3/c1-43-45(3)69(75-61-36-31-51(71(5,6)7)41-56(61)57-42-52(72(8,9)10)32-37-62(57)75)46(4)44(2)68(43)73-58-26-18-20-28-63(58)76-60-27-19-17-25-55(60)67-64(38-35-59(73)70(67)76)74-65-39-49(47-21-13-11-14-22-47)29-33-53(65)54-34-30-50(40-66(54)74)48-23-15-12-16-24-48;1-39-41(3)63(69-56-33-29-45(65(5,6)7)37-50(56)51-38-46(66(8,9)10)30-34-57(51)69)42(4)40(2)62(39)67-52-24-16-19-27-58(52)70-55-26-18-15-23-49(55)61-59(35-32-53(67)64(61)70)68-54-25-17-14-22-47(54)48-31-28-44(36-60(48)68)43-20-12-11-13-21-43/h11-42H,1-10H3;11-38H,1-10H3. The van der Waals surface area contributed by atoms with Crippen molar-refractivity contribution in [3.05, 3.63) is 431 Å². The third-order valence-corrected chi connectivity index (χ3v) is 33.8. The van der Waals surface area contributed by atoms with Crippen molar-refractivity contribution >= 4 is 177 Å². The van der Waals surface area contributed by atoms with Crippen LogP contribution in [0.4, 0.5) is 0 Å². The fourth-order valence-electron chi connectivity index (χ4n) is 25.9. The zero-order chi connectivity index (χ0) is 100. The van der Waals surface area contributed by atoms with Gasteiger partial charge in [-0.1, -0.05) is 371 Å². The Bertz CT molecular complexity index is 9580. The molecule has 0 N–H and O–H groups in total. The van der Waals surface area contributed by atoms with Gasteiger partial charge >= 0.3 is 0 Å². The Kier molecular flexibility index (Phi) is 20.3. The fourth-order valence-corrected chi connectivity index (χ4v) is 25.9. The molecule has 146 heavy (non-hydrogen) atoms. The van der Waals surface area contributed by atoms with Gasteiger partial charge in [0.1, 0.15) is 0 Å². The van der Waals surface area contributed by atoms with Crippen LogP contribution in [0.15, 0.2) is 364 Å². The molecule has 8 heterocycles. The van der Waals surface area contributed by atoms with Crippen molar-refractivity contribution in [1.29, 1.82) is 0 Å². The SMILES string of the molecule is Cc1c(C)c(-n2c3ccc(C(C)(C)C)cc3c3cc(C(C)(C)C)ccc32)c(C)c(C)c1B1c2ccccc2-n2c3ccccc3c3c(-n4c5cc(-c6ccccc6)ccc5c5ccc(-c6ccccc6)cc54)ccc1c32.Cc1c(C)c(-n2c3ccc(C(C)(C)C)cc3c3cc(C(C)(C)C)ccc32)c(C)c(C)c1B1c2ccccc2-n2c3ccccc3c3c(-n4c5ccccc5c5ccc(-c6ccccc6)cc54)ccc1c32. The molecule has 6 nitrogen and oxygen atoms in total. The predicted molar refractivity (Wildman–Crippen MR) is 630 cm³/mol. The molecule has 0 saturated heterocycles. The van der Waals surface area contributed by atoms with E-state index in [1.165, 1.54) is 298 Å². The van der Waals surface area contributed by atoms with Gasteiger partial charge in [-0.2, -0.15) is 0 Å². The Balaban J connectivity index is 0.000000149. The first-order chi connectivity index (χ1) is 70.4. The van der Waals surface area contributed by atoms with E-state index in [2.05, 4.69) is 530 Å². The van der Waals surface area contributed by atoms with Crippen LogP contribution < -0.4 is 32.8 Å². The monoisotopic (exact) mass is 1880 g/mol. The van der Waals surface area contributed by atoms with Crippen molar-refractivity contribution in [2.45, 2.75) is 160 Å². The highest BCUT2D eigenvalue weighted by Crippen LogP contribution is 2.50. The second kappa shape index (κ2) is 32.8. The van der Waals surface area contributed by atoms with Crippen LogP contribution in [-0.4, -0.2) is 40.8 Å². The van der Waals surface area contributed by atoms with Crippen LogP contribution in [0.25, 0.3) is 198 Å². The lowest BCUT2D eigenvalue weighted by Gasteiger charge is -2.31. The van der Waals surface area contributed by atoms with Crippen LogP contribution in [0.1, 0.15) is 150 Å². The van der Waals surface area contributed by atoms with E-state index in [0.29, 0.717) is 0 Å². The van der Waals surface area contributed by atoms with Gasteiger partial charge in [0.25, 0.3) is 0 Å². The van der Waals surface area contributed by atoms with Crippen molar-refractivity contribution in [3.63, 3.8) is 0 Å². The number of benzene rings is 19. The summed E-state index contributed by atoms with van der Waals surface area (Å²) >= 11 is 0. The lowest BCUT2D eigenvalue weighted by molar-refractivity contribution is 0.590. The molecule has 8 heteroatoms. The maximum Gasteiger partial charge on any atom is 0.247 e. The molecular weight excluding hydrogens is 1760 g/mol. The Morgan fingerprint density at radius 1 is 0.171 bits per heavy atom. The summed E-state index contributed by atoms with van der Waals surface area (Å²) in [5.41, 5.74) is 54.0. The summed E-state index contributed by atoms with van der Waals surface area (Å²) in [6.45, 7) is 47.0. The number of hydrogen-bond donors (Lipinski definition) is 0. The fraction of sp³-hybridized carbons (Fsp3) is 0.174. The molecule has 0 radical (unpaired) electrons. The summed E-state index contributed by atoms with van der Waals surface area (Å²) in [5, 5.41) is 15.4. The van der Waals surface area contributed by atoms with Crippen LogP contribution in [0.2, 0.25) is 0 Å². The number of rotatable bonds is 9. The molecule has 2 aliphatic rings. The van der Waals surface area contributed by atoms with E-state index < -0.39 is 0 Å². The van der Waals surface area contributed by atoms with Crippen molar-refractivity contribution in [2.75, 3.05) is 0 Å². The third-order valence-electron chi connectivity index (χ3n) is 33.8. The smallest absolute Gasteiger partial charge is 0.247 e. The highest BCUT2D eigenvalue weighted by Gasteiger charge is 2.42. The number of nitrogens with zero attached hydrogens (tertiary/aromatic N) is 6. The highest BCUT2D eigenvalue weighted by molar-refractivity contribution is 6.99. The maximum absolute atomic E-state index is 2.59. The molecule has 0 spiro atoms. The molecule has 0 aliphatic carbocycles. The van der Waals surface area contributed by atoms with Crippen molar-refractivity contribution < 1.29 is 0 Å². The largest absolute Gasteiger partial charge is 0.310 e. The maximum atomic E-state index is 2.59. The summed E-state index contributed by atoms with van der Waals surface area (Å²) in [5.74, 6) is 0. The molecular formula is C138H120B2N6. The molecule has 0 unspecified atom stereocenters. The second-order valence-corrected chi connectivity index (χ2v) is 46.1. The number of aromatic nitrogens is 6. The van der Waals surface area contributed by atoms with Crippen LogP contribution in [-0.2, 0) is 21.7 Å². The van der Waals surface area contributed by atoms with Crippen LogP contribution in [0.3, 0.4) is 0 Å². The molecule has 0 bridgehead atoms. The Hall–Kier alpha value is -15.9. The van der Waals surface area contributed by atoms with Gasteiger partial charge < -0.3 is 27.4 Å². The summed E-state index contributed by atoms with van der Waals surface area (Å²) in [7, 11) is 0. The van der Waals surface area contributed by atoms with Gasteiger partial charge in [-0.25, -0.2) is 0 Å². The number of hydrogen-bond acceptors (Lipinski definition) is 0. The molecule has 25 aromatic rings. The van der Waals surface area contributed by atoms with Crippen LogP contribution in [0, 0.1) is 55.4 Å². The van der Waals surface area contributed by atoms with Crippen LogP contribution >= 0.6 is 0 Å². The van der Waals surface area contributed by atoms with E-state index in [1.807, 2.05) is 0 Å². The summed E-state index contributed by atoms with van der Waals surface area (Å²) < 4.78 is 15.5. The number of para-hydroxylation sites is 5. The highest BCUT2D eigenvalue weighted by atomic mass is 15.1. The molecule has 0 saturated carbocycles. The van der Waals surface area contributed by atoms with Gasteiger partial charge in [-0.15, -0.1) is 0 Å². The molecule has 19 aromatic carbocycles. The summed E-state index contributed by atoms with van der Waals surface area (Å²) in [6.07, 6.45) is 0.